The quantitative estimate of drug-likeness (QED) is 0.448. The molecule has 0 saturated carbocycles. The molecule has 0 unspecified atom stereocenters. The van der Waals surface area contributed by atoms with Gasteiger partial charge in [0.05, 0.1) is 0 Å². The molecule has 158 valence electrons. The van der Waals surface area contributed by atoms with E-state index in [-0.39, 0.29) is 17.5 Å². The Labute approximate surface area is 176 Å². The van der Waals surface area contributed by atoms with Gasteiger partial charge in [0.2, 0.25) is 0 Å². The third-order valence-electron chi connectivity index (χ3n) is 6.25. The minimum Gasteiger partial charge on any atom is -0.411 e. The molecule has 0 spiro atoms. The second-order valence-electron chi connectivity index (χ2n) is 8.26. The van der Waals surface area contributed by atoms with Crippen molar-refractivity contribution >= 4 is 11.5 Å². The number of carbonyl (C=O) groups is 1. The Morgan fingerprint density at radius 1 is 1.00 bits per heavy atom. The van der Waals surface area contributed by atoms with E-state index in [0.717, 1.165) is 63.3 Å². The monoisotopic (exact) mass is 409 g/mol. The molecule has 0 bridgehead atoms. The number of fused-ring (bicyclic) bond motifs is 1. The third-order valence-corrected chi connectivity index (χ3v) is 6.25. The van der Waals surface area contributed by atoms with Gasteiger partial charge in [-0.05, 0) is 68.7 Å². The van der Waals surface area contributed by atoms with E-state index < -0.39 is 0 Å². The number of Topliss-reactive ketones (excluding diaryl/α,β-unsaturated/α-hetero) is 1. The maximum Gasteiger partial charge on any atom is 0.166 e. The molecule has 2 aromatic rings. The molecule has 4 rings (SSSR count). The van der Waals surface area contributed by atoms with Crippen molar-refractivity contribution in [3.8, 4) is 0 Å². The van der Waals surface area contributed by atoms with Crippen LogP contribution < -0.4 is 0 Å². The molecule has 2 aliphatic rings. The largest absolute Gasteiger partial charge is 0.411 e. The number of nitrogens with zero attached hydrogens (tertiary/aromatic N) is 3. The van der Waals surface area contributed by atoms with Crippen LogP contribution in [0, 0.1) is 11.7 Å². The van der Waals surface area contributed by atoms with Gasteiger partial charge in [-0.1, -0.05) is 29.4 Å². The Morgan fingerprint density at radius 3 is 2.43 bits per heavy atom. The number of carbonyl (C=O) groups excluding carboxylic acids is 1. The first kappa shape index (κ1) is 20.7. The molecule has 0 aliphatic carbocycles. The van der Waals surface area contributed by atoms with Crippen molar-refractivity contribution in [1.82, 2.24) is 9.80 Å². The lowest BCUT2D eigenvalue weighted by Crippen LogP contribution is -2.40. The molecule has 2 aromatic carbocycles. The molecule has 0 atom stereocenters. The molecule has 0 radical (unpaired) electrons. The molecule has 30 heavy (non-hydrogen) atoms. The summed E-state index contributed by atoms with van der Waals surface area (Å²) in [7, 11) is 0. The zero-order chi connectivity index (χ0) is 20.9. The van der Waals surface area contributed by atoms with Crippen LogP contribution in [0.3, 0.4) is 0 Å². The number of ketones is 1. The van der Waals surface area contributed by atoms with Crippen LogP contribution in [-0.4, -0.2) is 59.2 Å². The average Bonchev–Trinajstić information content (AvgIpc) is 2.79. The van der Waals surface area contributed by atoms with Gasteiger partial charge in [-0.25, -0.2) is 4.39 Å². The standard InChI is InChI=1S/C24H28FN3O2/c25-21-8-6-18(7-9-21)24(29)19-10-14-27(15-11-19)12-3-13-28-16-20-4-1-2-5-22(20)23(17-28)26-30/h1-2,4-9,19,30H,3,10-17H2/b26-23-. The van der Waals surface area contributed by atoms with Gasteiger partial charge in [0, 0.05) is 36.7 Å². The van der Waals surface area contributed by atoms with Crippen LogP contribution in [-0.2, 0) is 6.54 Å². The van der Waals surface area contributed by atoms with Gasteiger partial charge in [0.1, 0.15) is 11.5 Å². The normalized spacial score (nSPS) is 19.7. The van der Waals surface area contributed by atoms with E-state index in [1.165, 1.54) is 17.7 Å². The topological polar surface area (TPSA) is 56.1 Å². The highest BCUT2D eigenvalue weighted by molar-refractivity contribution is 6.03. The van der Waals surface area contributed by atoms with Crippen LogP contribution in [0.2, 0.25) is 0 Å². The molecule has 6 heteroatoms. The summed E-state index contributed by atoms with van der Waals surface area (Å²) in [6.07, 6.45) is 2.75. The Kier molecular flexibility index (Phi) is 6.55. The van der Waals surface area contributed by atoms with E-state index >= 15 is 0 Å². The van der Waals surface area contributed by atoms with Crippen LogP contribution in [0.25, 0.3) is 0 Å². The average molecular weight is 410 g/mol. The highest BCUT2D eigenvalue weighted by Crippen LogP contribution is 2.23. The van der Waals surface area contributed by atoms with E-state index in [1.54, 1.807) is 12.1 Å². The van der Waals surface area contributed by atoms with E-state index in [9.17, 15) is 14.4 Å². The first-order chi connectivity index (χ1) is 14.6. The molecular formula is C24H28FN3O2. The first-order valence-electron chi connectivity index (χ1n) is 10.7. The van der Waals surface area contributed by atoms with Crippen molar-refractivity contribution in [2.45, 2.75) is 25.8 Å². The van der Waals surface area contributed by atoms with Crippen LogP contribution in [0.5, 0.6) is 0 Å². The van der Waals surface area contributed by atoms with Crippen LogP contribution in [0.4, 0.5) is 4.39 Å². The van der Waals surface area contributed by atoms with Gasteiger partial charge < -0.3 is 10.1 Å². The number of oxime groups is 1. The van der Waals surface area contributed by atoms with Crippen LogP contribution >= 0.6 is 0 Å². The van der Waals surface area contributed by atoms with Crippen molar-refractivity contribution < 1.29 is 14.4 Å². The Bertz CT molecular complexity index is 905. The second-order valence-corrected chi connectivity index (χ2v) is 8.26. The second kappa shape index (κ2) is 9.49. The van der Waals surface area contributed by atoms with E-state index in [2.05, 4.69) is 21.0 Å². The highest BCUT2D eigenvalue weighted by atomic mass is 19.1. The molecule has 2 aliphatic heterocycles. The SMILES string of the molecule is O=C(c1ccc(F)cc1)C1CCN(CCCN2C/C(=N/O)c3ccccc3C2)CC1. The van der Waals surface area contributed by atoms with Crippen molar-refractivity contribution in [2.75, 3.05) is 32.7 Å². The van der Waals surface area contributed by atoms with Gasteiger partial charge >= 0.3 is 0 Å². The Morgan fingerprint density at radius 2 is 1.70 bits per heavy atom. The number of likely N-dealkylation sites (tertiary alicyclic amines) is 1. The van der Waals surface area contributed by atoms with Gasteiger partial charge in [0.25, 0.3) is 0 Å². The summed E-state index contributed by atoms with van der Waals surface area (Å²) in [5.41, 5.74) is 3.60. The van der Waals surface area contributed by atoms with Gasteiger partial charge in [-0.15, -0.1) is 0 Å². The number of hydrogen-bond acceptors (Lipinski definition) is 5. The number of piperidine rings is 1. The lowest BCUT2D eigenvalue weighted by Gasteiger charge is -2.33. The Balaban J connectivity index is 1.22. The van der Waals surface area contributed by atoms with Gasteiger partial charge in [-0.2, -0.15) is 0 Å². The van der Waals surface area contributed by atoms with E-state index in [4.69, 9.17) is 0 Å². The molecule has 1 saturated heterocycles. The zero-order valence-electron chi connectivity index (χ0n) is 17.1. The number of halogens is 1. The summed E-state index contributed by atoms with van der Waals surface area (Å²) in [6.45, 7) is 5.34. The molecule has 0 amide bonds. The minimum atomic E-state index is -0.309. The predicted molar refractivity (Wildman–Crippen MR) is 115 cm³/mol. The van der Waals surface area contributed by atoms with Crippen molar-refractivity contribution in [3.63, 3.8) is 0 Å². The summed E-state index contributed by atoms with van der Waals surface area (Å²) in [5.74, 6) is -0.137. The maximum absolute atomic E-state index is 13.1. The minimum absolute atomic E-state index is 0.0358. The molecule has 5 nitrogen and oxygen atoms in total. The van der Waals surface area contributed by atoms with E-state index in [0.29, 0.717) is 12.1 Å². The lowest BCUT2D eigenvalue weighted by molar-refractivity contribution is 0.0836. The molecule has 1 N–H and O–H groups in total. The summed E-state index contributed by atoms with van der Waals surface area (Å²) >= 11 is 0. The lowest BCUT2D eigenvalue weighted by atomic mass is 9.89. The zero-order valence-corrected chi connectivity index (χ0v) is 17.1. The maximum atomic E-state index is 13.1. The predicted octanol–water partition coefficient (Wildman–Crippen LogP) is 3.80. The molecular weight excluding hydrogens is 381 g/mol. The highest BCUT2D eigenvalue weighted by Gasteiger charge is 2.26. The van der Waals surface area contributed by atoms with Crippen LogP contribution in [0.15, 0.2) is 53.7 Å². The number of hydrogen-bond donors (Lipinski definition) is 1. The fourth-order valence-electron chi connectivity index (χ4n) is 4.56. The smallest absolute Gasteiger partial charge is 0.166 e. The summed E-state index contributed by atoms with van der Waals surface area (Å²) in [6, 6.07) is 14.0. The fraction of sp³-hybridized carbons (Fsp3) is 0.417. The Hall–Kier alpha value is -2.57. The number of rotatable bonds is 6. The van der Waals surface area contributed by atoms with Crippen molar-refractivity contribution in [3.05, 3.63) is 71.0 Å². The first-order valence-corrected chi connectivity index (χ1v) is 10.7. The molecule has 0 aromatic heterocycles. The van der Waals surface area contributed by atoms with E-state index in [1.807, 2.05) is 18.2 Å². The van der Waals surface area contributed by atoms with Crippen molar-refractivity contribution in [2.24, 2.45) is 11.1 Å². The summed E-state index contributed by atoms with van der Waals surface area (Å²) in [5, 5.41) is 12.9. The van der Waals surface area contributed by atoms with Crippen molar-refractivity contribution in [1.29, 1.82) is 0 Å². The summed E-state index contributed by atoms with van der Waals surface area (Å²) in [4.78, 5) is 17.4. The third kappa shape index (κ3) is 4.77. The summed E-state index contributed by atoms with van der Waals surface area (Å²) < 4.78 is 13.1. The molecule has 2 heterocycles. The fourth-order valence-corrected chi connectivity index (χ4v) is 4.56. The number of benzene rings is 2. The van der Waals surface area contributed by atoms with Gasteiger partial charge in [0.15, 0.2) is 5.78 Å². The van der Waals surface area contributed by atoms with Gasteiger partial charge in [-0.3, -0.25) is 9.69 Å². The molecule has 1 fully saturated rings. The van der Waals surface area contributed by atoms with Crippen LogP contribution in [0.1, 0.15) is 40.7 Å².